The van der Waals surface area contributed by atoms with Gasteiger partial charge in [-0.25, -0.2) is 4.39 Å². The van der Waals surface area contributed by atoms with Gasteiger partial charge in [-0.05, 0) is 48.7 Å². The third-order valence-electron chi connectivity index (χ3n) is 4.42. The lowest BCUT2D eigenvalue weighted by Crippen LogP contribution is -2.39. The van der Waals surface area contributed by atoms with Crippen molar-refractivity contribution in [3.63, 3.8) is 0 Å². The Bertz CT molecular complexity index is 849. The smallest absolute Gasteiger partial charge is 0.258 e. The molecule has 0 atom stereocenters. The highest BCUT2D eigenvalue weighted by Gasteiger charge is 2.22. The van der Waals surface area contributed by atoms with Gasteiger partial charge in [-0.1, -0.05) is 32.0 Å². The van der Waals surface area contributed by atoms with E-state index in [1.54, 1.807) is 36.2 Å². The monoisotopic (exact) mass is 371 g/mol. The fourth-order valence-corrected chi connectivity index (χ4v) is 2.72. The van der Waals surface area contributed by atoms with Crippen molar-refractivity contribution < 1.29 is 14.0 Å². The Morgan fingerprint density at radius 3 is 2.48 bits per heavy atom. The highest BCUT2D eigenvalue weighted by molar-refractivity contribution is 6.05. The first kappa shape index (κ1) is 20.6. The molecule has 2 rings (SSSR count). The molecule has 0 fully saturated rings. The van der Waals surface area contributed by atoms with Crippen molar-refractivity contribution in [1.29, 1.82) is 0 Å². The van der Waals surface area contributed by atoms with Gasteiger partial charge in [0.25, 0.3) is 11.8 Å². The second-order valence-corrected chi connectivity index (χ2v) is 7.49. The first-order valence-corrected chi connectivity index (χ1v) is 8.77. The Hall–Kier alpha value is -2.73. The SMILES string of the molecule is Cc1ccc(C(=O)N(C)CC(C)(C)CN)cc1NC(=O)c1ccccc1F. The second-order valence-electron chi connectivity index (χ2n) is 7.49. The molecule has 2 aromatic rings. The van der Waals surface area contributed by atoms with Gasteiger partial charge in [0, 0.05) is 24.8 Å². The number of nitrogens with zero attached hydrogens (tertiary/aromatic N) is 1. The largest absolute Gasteiger partial charge is 0.341 e. The number of nitrogens with one attached hydrogen (secondary N) is 1. The van der Waals surface area contributed by atoms with Crippen LogP contribution in [0.2, 0.25) is 0 Å². The standard InChI is InChI=1S/C21H26FN3O2/c1-14-9-10-15(20(27)25(4)13-21(2,3)12-23)11-18(14)24-19(26)16-7-5-6-8-17(16)22/h5-11H,12-13,23H2,1-4H3,(H,24,26). The van der Waals surface area contributed by atoms with Gasteiger partial charge in [0.1, 0.15) is 5.82 Å². The lowest BCUT2D eigenvalue weighted by atomic mass is 9.93. The van der Waals surface area contributed by atoms with Gasteiger partial charge >= 0.3 is 0 Å². The summed E-state index contributed by atoms with van der Waals surface area (Å²) in [6, 6.07) is 10.8. The van der Waals surface area contributed by atoms with Crippen LogP contribution < -0.4 is 11.1 Å². The van der Waals surface area contributed by atoms with Gasteiger partial charge < -0.3 is 16.0 Å². The lowest BCUT2D eigenvalue weighted by Gasteiger charge is -2.29. The van der Waals surface area contributed by atoms with Crippen LogP contribution >= 0.6 is 0 Å². The number of anilines is 1. The number of benzene rings is 2. The number of carbonyl (C=O) groups is 2. The minimum absolute atomic E-state index is 0.0459. The molecule has 0 spiro atoms. The van der Waals surface area contributed by atoms with E-state index in [1.165, 1.54) is 18.2 Å². The third kappa shape index (κ3) is 5.14. The molecular formula is C21H26FN3O2. The number of hydrogen-bond acceptors (Lipinski definition) is 3. The number of rotatable bonds is 6. The van der Waals surface area contributed by atoms with Gasteiger partial charge in [-0.15, -0.1) is 0 Å². The lowest BCUT2D eigenvalue weighted by molar-refractivity contribution is 0.0740. The minimum atomic E-state index is -0.594. The Morgan fingerprint density at radius 1 is 1.19 bits per heavy atom. The number of amides is 2. The zero-order chi connectivity index (χ0) is 20.2. The molecule has 0 radical (unpaired) electrons. The Kier molecular flexibility index (Phi) is 6.33. The molecule has 0 saturated heterocycles. The molecule has 144 valence electrons. The number of nitrogens with two attached hydrogens (primary N) is 1. The molecule has 2 amide bonds. The highest BCUT2D eigenvalue weighted by atomic mass is 19.1. The zero-order valence-electron chi connectivity index (χ0n) is 16.2. The number of carbonyl (C=O) groups excluding carboxylic acids is 2. The van der Waals surface area contributed by atoms with Gasteiger partial charge in [0.2, 0.25) is 0 Å². The molecule has 2 aromatic carbocycles. The van der Waals surface area contributed by atoms with E-state index in [4.69, 9.17) is 5.73 Å². The Morgan fingerprint density at radius 2 is 1.85 bits per heavy atom. The first-order valence-electron chi connectivity index (χ1n) is 8.77. The molecular weight excluding hydrogens is 345 g/mol. The van der Waals surface area contributed by atoms with Gasteiger partial charge in [-0.2, -0.15) is 0 Å². The maximum atomic E-state index is 13.8. The molecule has 0 aliphatic rings. The predicted molar refractivity (Wildman–Crippen MR) is 105 cm³/mol. The van der Waals surface area contributed by atoms with Crippen LogP contribution in [0.15, 0.2) is 42.5 Å². The third-order valence-corrected chi connectivity index (χ3v) is 4.42. The number of halogens is 1. The van der Waals surface area contributed by atoms with Crippen molar-refractivity contribution in [3.8, 4) is 0 Å². The molecule has 5 nitrogen and oxygen atoms in total. The van der Waals surface area contributed by atoms with Crippen LogP contribution in [0, 0.1) is 18.2 Å². The molecule has 0 aromatic heterocycles. The van der Waals surface area contributed by atoms with Gasteiger partial charge in [0.15, 0.2) is 0 Å². The fourth-order valence-electron chi connectivity index (χ4n) is 2.72. The number of hydrogen-bond donors (Lipinski definition) is 2. The van der Waals surface area contributed by atoms with Crippen LogP contribution in [-0.2, 0) is 0 Å². The summed E-state index contributed by atoms with van der Waals surface area (Å²) in [5.74, 6) is -1.32. The van der Waals surface area contributed by atoms with Crippen LogP contribution in [0.1, 0.15) is 40.1 Å². The van der Waals surface area contributed by atoms with E-state index in [0.717, 1.165) is 5.56 Å². The van der Waals surface area contributed by atoms with E-state index in [-0.39, 0.29) is 16.9 Å². The summed E-state index contributed by atoms with van der Waals surface area (Å²) in [6.45, 7) is 6.76. The van der Waals surface area contributed by atoms with E-state index >= 15 is 0 Å². The topological polar surface area (TPSA) is 75.4 Å². The van der Waals surface area contributed by atoms with Crippen molar-refractivity contribution >= 4 is 17.5 Å². The summed E-state index contributed by atoms with van der Waals surface area (Å²) in [5, 5.41) is 2.69. The summed E-state index contributed by atoms with van der Waals surface area (Å²) in [4.78, 5) is 26.7. The van der Waals surface area contributed by atoms with E-state index in [1.807, 2.05) is 20.8 Å². The molecule has 27 heavy (non-hydrogen) atoms. The predicted octanol–water partition coefficient (Wildman–Crippen LogP) is 3.44. The highest BCUT2D eigenvalue weighted by Crippen LogP contribution is 2.21. The summed E-state index contributed by atoms with van der Waals surface area (Å²) in [6.07, 6.45) is 0. The van der Waals surface area contributed by atoms with Crippen molar-refractivity contribution in [3.05, 3.63) is 65.0 Å². The molecule has 6 heteroatoms. The van der Waals surface area contributed by atoms with Gasteiger partial charge in [0.05, 0.1) is 5.56 Å². The second kappa shape index (κ2) is 8.31. The zero-order valence-corrected chi connectivity index (χ0v) is 16.2. The van der Waals surface area contributed by atoms with E-state index < -0.39 is 11.7 Å². The van der Waals surface area contributed by atoms with Crippen molar-refractivity contribution in [1.82, 2.24) is 4.90 Å². The molecule has 0 aliphatic carbocycles. The van der Waals surface area contributed by atoms with E-state index in [2.05, 4.69) is 5.32 Å². The maximum absolute atomic E-state index is 13.8. The Balaban J connectivity index is 2.22. The van der Waals surface area contributed by atoms with Crippen LogP contribution in [0.4, 0.5) is 10.1 Å². The fraction of sp³-hybridized carbons (Fsp3) is 0.333. The van der Waals surface area contributed by atoms with E-state index in [0.29, 0.717) is 24.3 Å². The van der Waals surface area contributed by atoms with Crippen molar-refractivity contribution in [2.75, 3.05) is 25.5 Å². The summed E-state index contributed by atoms with van der Waals surface area (Å²) in [5.41, 5.74) is 7.20. The van der Waals surface area contributed by atoms with Crippen LogP contribution in [-0.4, -0.2) is 36.9 Å². The number of aryl methyl sites for hydroxylation is 1. The van der Waals surface area contributed by atoms with Gasteiger partial charge in [-0.3, -0.25) is 9.59 Å². The Labute approximate surface area is 159 Å². The summed E-state index contributed by atoms with van der Waals surface area (Å²) in [7, 11) is 1.72. The van der Waals surface area contributed by atoms with Crippen molar-refractivity contribution in [2.24, 2.45) is 11.1 Å². The van der Waals surface area contributed by atoms with Crippen LogP contribution in [0.25, 0.3) is 0 Å². The maximum Gasteiger partial charge on any atom is 0.258 e. The molecule has 0 aliphatic heterocycles. The molecule has 0 unspecified atom stereocenters. The molecule has 0 saturated carbocycles. The minimum Gasteiger partial charge on any atom is -0.341 e. The van der Waals surface area contributed by atoms with Crippen LogP contribution in [0.5, 0.6) is 0 Å². The average Bonchev–Trinajstić information content (AvgIpc) is 2.62. The quantitative estimate of drug-likeness (QED) is 0.817. The average molecular weight is 371 g/mol. The van der Waals surface area contributed by atoms with Crippen molar-refractivity contribution in [2.45, 2.75) is 20.8 Å². The summed E-state index contributed by atoms with van der Waals surface area (Å²) < 4.78 is 13.8. The normalized spacial score (nSPS) is 11.2. The molecule has 3 N–H and O–H groups in total. The molecule has 0 bridgehead atoms. The van der Waals surface area contributed by atoms with Crippen LogP contribution in [0.3, 0.4) is 0 Å². The van der Waals surface area contributed by atoms with E-state index in [9.17, 15) is 14.0 Å². The summed E-state index contributed by atoms with van der Waals surface area (Å²) >= 11 is 0. The molecule has 0 heterocycles. The first-order chi connectivity index (χ1) is 12.6.